The van der Waals surface area contributed by atoms with Crippen LogP contribution in [0.5, 0.6) is 0 Å². The fourth-order valence-electron chi connectivity index (χ4n) is 3.40. The van der Waals surface area contributed by atoms with Crippen molar-refractivity contribution in [3.05, 3.63) is 59.7 Å². The van der Waals surface area contributed by atoms with E-state index >= 15 is 0 Å². The first-order chi connectivity index (χ1) is 13.3. The van der Waals surface area contributed by atoms with Gasteiger partial charge in [-0.05, 0) is 55.2 Å². The average molecular weight is 382 g/mol. The molecule has 1 amide bonds. The molecule has 1 aliphatic heterocycles. The predicted octanol–water partition coefficient (Wildman–Crippen LogP) is 3.87. The van der Waals surface area contributed by atoms with Gasteiger partial charge >= 0.3 is 6.09 Å². The number of rotatable bonds is 4. The van der Waals surface area contributed by atoms with E-state index in [0.717, 1.165) is 25.2 Å². The summed E-state index contributed by atoms with van der Waals surface area (Å²) in [5.74, 6) is 0. The summed E-state index contributed by atoms with van der Waals surface area (Å²) < 4.78 is 5.47. The van der Waals surface area contributed by atoms with Gasteiger partial charge in [0.2, 0.25) is 0 Å². The third-order valence-electron chi connectivity index (χ3n) is 4.85. The van der Waals surface area contributed by atoms with Crippen molar-refractivity contribution in [1.82, 2.24) is 9.80 Å². The lowest BCUT2D eigenvalue weighted by Gasteiger charge is -2.35. The zero-order chi connectivity index (χ0) is 20.1. The number of benzene rings is 2. The molecule has 1 aliphatic rings. The van der Waals surface area contributed by atoms with Crippen LogP contribution in [0.1, 0.15) is 31.9 Å². The van der Waals surface area contributed by atoms with Crippen molar-refractivity contribution in [2.75, 3.05) is 26.2 Å². The van der Waals surface area contributed by atoms with Gasteiger partial charge in [0.05, 0.1) is 0 Å². The van der Waals surface area contributed by atoms with E-state index in [0.29, 0.717) is 19.6 Å². The Labute approximate surface area is 168 Å². The number of carbonyl (C=O) groups is 1. The first-order valence-electron chi connectivity index (χ1n) is 9.93. The lowest BCUT2D eigenvalue weighted by atomic mass is 10.0. The molecule has 0 unspecified atom stereocenters. The first kappa shape index (κ1) is 20.4. The number of amides is 1. The van der Waals surface area contributed by atoms with Crippen molar-refractivity contribution in [3.63, 3.8) is 0 Å². The molecule has 150 valence electrons. The van der Waals surface area contributed by atoms with Gasteiger partial charge in [-0.25, -0.2) is 4.79 Å². The minimum Gasteiger partial charge on any atom is -0.444 e. The number of ether oxygens (including phenoxy) is 1. The normalized spacial score (nSPS) is 15.5. The fourth-order valence-corrected chi connectivity index (χ4v) is 3.40. The molecule has 0 saturated carbocycles. The van der Waals surface area contributed by atoms with Crippen LogP contribution in [0.3, 0.4) is 0 Å². The average Bonchev–Trinajstić information content (AvgIpc) is 2.67. The Kier molecular flexibility index (Phi) is 6.37. The molecule has 0 atom stereocenters. The van der Waals surface area contributed by atoms with Crippen molar-refractivity contribution in [2.45, 2.75) is 39.5 Å². The molecule has 28 heavy (non-hydrogen) atoms. The second-order valence-corrected chi connectivity index (χ2v) is 8.35. The maximum absolute atomic E-state index is 12.2. The highest BCUT2D eigenvalue weighted by Gasteiger charge is 2.25. The van der Waals surface area contributed by atoms with Crippen LogP contribution in [0.15, 0.2) is 48.5 Å². The Hall–Kier alpha value is -2.37. The highest BCUT2D eigenvalue weighted by Crippen LogP contribution is 2.22. The lowest BCUT2D eigenvalue weighted by Crippen LogP contribution is -2.49. The van der Waals surface area contributed by atoms with Crippen molar-refractivity contribution in [2.24, 2.45) is 5.73 Å². The van der Waals surface area contributed by atoms with Crippen LogP contribution in [0.2, 0.25) is 0 Å². The summed E-state index contributed by atoms with van der Waals surface area (Å²) in [6.07, 6.45) is -0.214. The van der Waals surface area contributed by atoms with Gasteiger partial charge in [-0.15, -0.1) is 0 Å². The van der Waals surface area contributed by atoms with Crippen LogP contribution in [0, 0.1) is 0 Å². The van der Waals surface area contributed by atoms with Crippen LogP contribution >= 0.6 is 0 Å². The number of piperazine rings is 1. The van der Waals surface area contributed by atoms with Crippen LogP contribution in [0.25, 0.3) is 11.1 Å². The summed E-state index contributed by atoms with van der Waals surface area (Å²) in [7, 11) is 0. The van der Waals surface area contributed by atoms with Crippen LogP contribution in [-0.4, -0.2) is 47.7 Å². The molecule has 5 heteroatoms. The van der Waals surface area contributed by atoms with E-state index in [2.05, 4.69) is 53.4 Å². The molecule has 0 aromatic heterocycles. The van der Waals surface area contributed by atoms with E-state index in [-0.39, 0.29) is 6.09 Å². The Bertz CT molecular complexity index is 805. The van der Waals surface area contributed by atoms with Crippen LogP contribution < -0.4 is 5.73 Å². The maximum atomic E-state index is 12.2. The molecule has 0 spiro atoms. The Balaban J connectivity index is 1.59. The second kappa shape index (κ2) is 8.76. The second-order valence-electron chi connectivity index (χ2n) is 8.35. The summed E-state index contributed by atoms with van der Waals surface area (Å²) in [5.41, 5.74) is 10.1. The fraction of sp³-hybridized carbons (Fsp3) is 0.435. The number of nitrogens with zero attached hydrogens (tertiary/aromatic N) is 2. The molecule has 0 bridgehead atoms. The van der Waals surface area contributed by atoms with E-state index in [1.165, 1.54) is 16.7 Å². The summed E-state index contributed by atoms with van der Waals surface area (Å²) in [5, 5.41) is 0. The number of carbonyl (C=O) groups excluding carboxylic acids is 1. The largest absolute Gasteiger partial charge is 0.444 e. The summed E-state index contributed by atoms with van der Waals surface area (Å²) in [4.78, 5) is 16.4. The van der Waals surface area contributed by atoms with Gasteiger partial charge in [-0.3, -0.25) is 4.90 Å². The molecule has 2 N–H and O–H groups in total. The van der Waals surface area contributed by atoms with Gasteiger partial charge in [0.25, 0.3) is 0 Å². The van der Waals surface area contributed by atoms with E-state index in [1.807, 2.05) is 20.8 Å². The highest BCUT2D eigenvalue weighted by molar-refractivity contribution is 5.68. The van der Waals surface area contributed by atoms with Gasteiger partial charge < -0.3 is 15.4 Å². The van der Waals surface area contributed by atoms with E-state index in [9.17, 15) is 4.79 Å². The summed E-state index contributed by atoms with van der Waals surface area (Å²) in [6, 6.07) is 17.0. The van der Waals surface area contributed by atoms with Crippen molar-refractivity contribution >= 4 is 6.09 Å². The van der Waals surface area contributed by atoms with E-state index < -0.39 is 5.60 Å². The maximum Gasteiger partial charge on any atom is 0.410 e. The van der Waals surface area contributed by atoms with Gasteiger partial charge in [0, 0.05) is 39.3 Å². The molecule has 2 aromatic rings. The van der Waals surface area contributed by atoms with Crippen LogP contribution in [-0.2, 0) is 17.8 Å². The van der Waals surface area contributed by atoms with Crippen LogP contribution in [0.4, 0.5) is 4.79 Å². The Morgan fingerprint density at radius 2 is 1.54 bits per heavy atom. The molecule has 1 heterocycles. The summed E-state index contributed by atoms with van der Waals surface area (Å²) in [6.45, 7) is 10.2. The molecule has 3 rings (SSSR count). The van der Waals surface area contributed by atoms with E-state index in [1.54, 1.807) is 4.90 Å². The SMILES string of the molecule is CC(C)(C)OC(=O)N1CCN(Cc2cccc(-c3cccc(CN)c3)c2)CC1. The summed E-state index contributed by atoms with van der Waals surface area (Å²) >= 11 is 0. The predicted molar refractivity (Wildman–Crippen MR) is 113 cm³/mol. The number of nitrogens with two attached hydrogens (primary N) is 1. The molecule has 0 radical (unpaired) electrons. The monoisotopic (exact) mass is 381 g/mol. The van der Waals surface area contributed by atoms with E-state index in [4.69, 9.17) is 10.5 Å². The minimum absolute atomic E-state index is 0.214. The Morgan fingerprint density at radius 1 is 0.964 bits per heavy atom. The minimum atomic E-state index is -0.449. The Morgan fingerprint density at radius 3 is 2.11 bits per heavy atom. The van der Waals surface area contributed by atoms with Crippen molar-refractivity contribution in [1.29, 1.82) is 0 Å². The molecular formula is C23H31N3O2. The van der Waals surface area contributed by atoms with Crippen molar-refractivity contribution in [3.8, 4) is 11.1 Å². The highest BCUT2D eigenvalue weighted by atomic mass is 16.6. The topological polar surface area (TPSA) is 58.8 Å². The first-order valence-corrected chi connectivity index (χ1v) is 9.93. The quantitative estimate of drug-likeness (QED) is 0.874. The molecule has 1 fully saturated rings. The lowest BCUT2D eigenvalue weighted by molar-refractivity contribution is 0.0139. The molecule has 1 saturated heterocycles. The van der Waals surface area contributed by atoms with Crippen molar-refractivity contribution < 1.29 is 9.53 Å². The standard InChI is InChI=1S/C23H31N3O2/c1-23(2,3)28-22(27)26-12-10-25(11-13-26)17-19-7-5-9-21(15-19)20-8-4-6-18(14-20)16-24/h4-9,14-15H,10-13,16-17,24H2,1-3H3. The zero-order valence-corrected chi connectivity index (χ0v) is 17.1. The number of hydrogen-bond acceptors (Lipinski definition) is 4. The molecule has 5 nitrogen and oxygen atoms in total. The van der Waals surface area contributed by atoms with Gasteiger partial charge in [-0.1, -0.05) is 36.4 Å². The third-order valence-corrected chi connectivity index (χ3v) is 4.85. The number of hydrogen-bond donors (Lipinski definition) is 1. The third kappa shape index (κ3) is 5.57. The zero-order valence-electron chi connectivity index (χ0n) is 17.1. The smallest absolute Gasteiger partial charge is 0.410 e. The van der Waals surface area contributed by atoms with Gasteiger partial charge in [0.15, 0.2) is 0 Å². The van der Waals surface area contributed by atoms with Gasteiger partial charge in [-0.2, -0.15) is 0 Å². The molecule has 2 aromatic carbocycles. The molecule has 0 aliphatic carbocycles. The van der Waals surface area contributed by atoms with Gasteiger partial charge in [0.1, 0.15) is 5.60 Å². The molecular weight excluding hydrogens is 350 g/mol.